The summed E-state index contributed by atoms with van der Waals surface area (Å²) >= 11 is 0. The van der Waals surface area contributed by atoms with Crippen molar-refractivity contribution in [3.8, 4) is 0 Å². The molecule has 0 radical (unpaired) electrons. The Kier molecular flexibility index (Phi) is 19.0. The Morgan fingerprint density at radius 3 is 1.46 bits per heavy atom. The minimum atomic E-state index is -0.129. The summed E-state index contributed by atoms with van der Waals surface area (Å²) < 4.78 is 20.7. The number of hydrogen-bond donors (Lipinski definition) is 2. The van der Waals surface area contributed by atoms with E-state index in [0.29, 0.717) is 0 Å². The van der Waals surface area contributed by atoms with Crippen molar-refractivity contribution in [1.82, 2.24) is 10.6 Å². The van der Waals surface area contributed by atoms with Crippen LogP contribution in [0.3, 0.4) is 0 Å². The quantitative estimate of drug-likeness (QED) is 0.202. The van der Waals surface area contributed by atoms with Gasteiger partial charge in [0, 0.05) is 60.6 Å². The molecule has 0 spiro atoms. The van der Waals surface area contributed by atoms with Gasteiger partial charge in [-0.05, 0) is 24.9 Å². The van der Waals surface area contributed by atoms with Crippen LogP contribution in [0.25, 0.3) is 0 Å². The molecule has 26 heavy (non-hydrogen) atoms. The SMILES string of the molecule is COC(C[SiH2]CCCCNC(=O)NCCCC[SiH2]CC(OC)OC)OC. The van der Waals surface area contributed by atoms with Crippen molar-refractivity contribution < 1.29 is 23.7 Å². The van der Waals surface area contributed by atoms with Crippen LogP contribution in [0.15, 0.2) is 0 Å². The molecule has 0 unspecified atom stereocenters. The number of carbonyl (C=O) groups excluding carboxylic acids is 1. The van der Waals surface area contributed by atoms with Gasteiger partial charge in [-0.1, -0.05) is 24.9 Å². The fourth-order valence-corrected chi connectivity index (χ4v) is 6.31. The molecule has 0 aromatic carbocycles. The Morgan fingerprint density at radius 2 is 1.12 bits per heavy atom. The Bertz CT molecular complexity index is 292. The van der Waals surface area contributed by atoms with Crippen molar-refractivity contribution in [2.75, 3.05) is 41.5 Å². The number of methoxy groups -OCH3 is 4. The van der Waals surface area contributed by atoms with Gasteiger partial charge in [0.25, 0.3) is 0 Å². The van der Waals surface area contributed by atoms with Crippen LogP contribution in [0.2, 0.25) is 24.2 Å². The summed E-state index contributed by atoms with van der Waals surface area (Å²) in [5, 5.41) is 5.86. The minimum absolute atomic E-state index is 0.0328. The van der Waals surface area contributed by atoms with Gasteiger partial charge >= 0.3 is 6.03 Å². The molecule has 0 aromatic heterocycles. The smallest absolute Gasteiger partial charge is 0.314 e. The zero-order valence-corrected chi connectivity index (χ0v) is 20.0. The van der Waals surface area contributed by atoms with Crippen molar-refractivity contribution in [3.63, 3.8) is 0 Å². The first-order valence-corrected chi connectivity index (χ1v) is 13.8. The molecule has 0 saturated heterocycles. The maximum absolute atomic E-state index is 11.7. The van der Waals surface area contributed by atoms with E-state index in [1.807, 2.05) is 0 Å². The third kappa shape index (κ3) is 15.8. The summed E-state index contributed by atoms with van der Waals surface area (Å²) in [6.07, 6.45) is 4.35. The predicted octanol–water partition coefficient (Wildman–Crippen LogP) is 1.09. The van der Waals surface area contributed by atoms with E-state index in [2.05, 4.69) is 10.6 Å². The summed E-state index contributed by atoms with van der Waals surface area (Å²) in [6.45, 7) is 1.50. The van der Waals surface area contributed by atoms with Gasteiger partial charge < -0.3 is 29.6 Å². The van der Waals surface area contributed by atoms with E-state index in [1.165, 1.54) is 24.9 Å². The van der Waals surface area contributed by atoms with Gasteiger partial charge in [-0.3, -0.25) is 0 Å². The summed E-state index contributed by atoms with van der Waals surface area (Å²) in [5.74, 6) is 0. The van der Waals surface area contributed by atoms with E-state index in [0.717, 1.165) is 38.0 Å². The second kappa shape index (κ2) is 19.3. The van der Waals surface area contributed by atoms with Crippen LogP contribution in [0.4, 0.5) is 4.79 Å². The van der Waals surface area contributed by atoms with E-state index in [9.17, 15) is 4.79 Å². The lowest BCUT2D eigenvalue weighted by Gasteiger charge is -2.12. The highest BCUT2D eigenvalue weighted by atomic mass is 28.2. The third-order valence-electron chi connectivity index (χ3n) is 4.36. The number of nitrogens with one attached hydrogen (secondary N) is 2. The molecule has 0 saturated carbocycles. The number of rotatable bonds is 18. The molecule has 9 heteroatoms. The molecule has 0 rings (SSSR count). The molecule has 156 valence electrons. The molecule has 2 N–H and O–H groups in total. The monoisotopic (exact) mass is 408 g/mol. The molecule has 0 heterocycles. The first kappa shape index (κ1) is 25.5. The van der Waals surface area contributed by atoms with Gasteiger partial charge in [-0.15, -0.1) is 0 Å². The summed E-state index contributed by atoms with van der Waals surface area (Å²) in [6, 6.07) is 4.60. The number of amides is 2. The molecule has 0 bridgehead atoms. The highest BCUT2D eigenvalue weighted by molar-refractivity contribution is 6.35. The van der Waals surface area contributed by atoms with Gasteiger partial charge in [0.15, 0.2) is 12.6 Å². The van der Waals surface area contributed by atoms with E-state index >= 15 is 0 Å². The Balaban J connectivity index is 3.32. The average molecular weight is 409 g/mol. The second-order valence-electron chi connectivity index (χ2n) is 6.39. The van der Waals surface area contributed by atoms with E-state index in [4.69, 9.17) is 18.9 Å². The van der Waals surface area contributed by atoms with Crippen molar-refractivity contribution >= 4 is 25.1 Å². The van der Waals surface area contributed by atoms with E-state index in [1.54, 1.807) is 28.4 Å². The maximum Gasteiger partial charge on any atom is 0.314 e. The predicted molar refractivity (Wildman–Crippen MR) is 112 cm³/mol. The van der Waals surface area contributed by atoms with E-state index < -0.39 is 0 Å². The highest BCUT2D eigenvalue weighted by Gasteiger charge is 2.05. The zero-order chi connectivity index (χ0) is 19.5. The third-order valence-corrected chi connectivity index (χ3v) is 8.12. The molecule has 0 aliphatic rings. The zero-order valence-electron chi connectivity index (χ0n) is 17.2. The van der Waals surface area contributed by atoms with Crippen LogP contribution in [0.1, 0.15) is 25.7 Å². The molecule has 0 aliphatic carbocycles. The summed E-state index contributed by atoms with van der Waals surface area (Å²) in [7, 11) is 6.49. The first-order valence-electron chi connectivity index (χ1n) is 9.80. The average Bonchev–Trinajstić information content (AvgIpc) is 2.66. The largest absolute Gasteiger partial charge is 0.356 e. The van der Waals surface area contributed by atoms with Crippen molar-refractivity contribution in [3.05, 3.63) is 0 Å². The topological polar surface area (TPSA) is 78.1 Å². The van der Waals surface area contributed by atoms with Crippen molar-refractivity contribution in [2.45, 2.75) is 62.4 Å². The second-order valence-corrected chi connectivity index (χ2v) is 10.4. The van der Waals surface area contributed by atoms with Gasteiger partial charge in [0.1, 0.15) is 0 Å². The van der Waals surface area contributed by atoms with Crippen LogP contribution in [0.5, 0.6) is 0 Å². The van der Waals surface area contributed by atoms with Gasteiger partial charge in [0.05, 0.1) is 0 Å². The maximum atomic E-state index is 11.7. The fourth-order valence-electron chi connectivity index (χ4n) is 2.71. The lowest BCUT2D eigenvalue weighted by atomic mass is 10.3. The first-order chi connectivity index (χ1) is 12.7. The van der Waals surface area contributed by atoms with Crippen LogP contribution >= 0.6 is 0 Å². The minimum Gasteiger partial charge on any atom is -0.356 e. The molecule has 0 aromatic rings. The van der Waals surface area contributed by atoms with Crippen LogP contribution in [-0.2, 0) is 18.9 Å². The number of hydrogen-bond acceptors (Lipinski definition) is 5. The van der Waals surface area contributed by atoms with Crippen molar-refractivity contribution in [2.24, 2.45) is 0 Å². The number of carbonyl (C=O) groups is 1. The molecule has 7 nitrogen and oxygen atoms in total. The number of ether oxygens (including phenoxy) is 4. The van der Waals surface area contributed by atoms with Gasteiger partial charge in [0.2, 0.25) is 0 Å². The van der Waals surface area contributed by atoms with Gasteiger partial charge in [-0.25, -0.2) is 4.79 Å². The molecule has 0 atom stereocenters. The normalized spacial score (nSPS) is 12.2. The van der Waals surface area contributed by atoms with E-state index in [-0.39, 0.29) is 37.7 Å². The highest BCUT2D eigenvalue weighted by Crippen LogP contribution is 2.03. The Labute approximate surface area is 163 Å². The Morgan fingerprint density at radius 1 is 0.731 bits per heavy atom. The number of urea groups is 1. The number of unbranched alkanes of at least 4 members (excludes halogenated alkanes) is 2. The van der Waals surface area contributed by atoms with Gasteiger partial charge in [-0.2, -0.15) is 0 Å². The molecule has 0 aliphatic heterocycles. The van der Waals surface area contributed by atoms with Crippen LogP contribution < -0.4 is 10.6 Å². The summed E-state index contributed by atoms with van der Waals surface area (Å²) in [5.41, 5.74) is 0. The molecular weight excluding hydrogens is 368 g/mol. The Hall–Kier alpha value is -0.456. The van der Waals surface area contributed by atoms with Crippen LogP contribution in [-0.4, -0.2) is 79.2 Å². The summed E-state index contributed by atoms with van der Waals surface area (Å²) in [4.78, 5) is 11.7. The lowest BCUT2D eigenvalue weighted by molar-refractivity contribution is -0.0878. The standard InChI is InChI=1S/C17H40N2O5Si2/c1-21-15(22-2)13-25-11-7-5-9-18-17(20)19-10-6-8-12-26-14-16(23-3)24-4/h15-16H,5-14,25-26H2,1-4H3,(H2,18,19,20). The van der Waals surface area contributed by atoms with Crippen LogP contribution in [0, 0.1) is 0 Å². The van der Waals surface area contributed by atoms with Crippen molar-refractivity contribution in [1.29, 1.82) is 0 Å². The molecular formula is C17H40N2O5Si2. The fraction of sp³-hybridized carbons (Fsp3) is 0.941. The molecule has 2 amide bonds. The molecule has 0 fully saturated rings. The lowest BCUT2D eigenvalue weighted by Crippen LogP contribution is -2.36.